The quantitative estimate of drug-likeness (QED) is 0.630. The second kappa shape index (κ2) is 7.40. The predicted octanol–water partition coefficient (Wildman–Crippen LogP) is 3.17. The summed E-state index contributed by atoms with van der Waals surface area (Å²) in [5, 5.41) is 7.68. The Morgan fingerprint density at radius 2 is 1.21 bits per heavy atom. The first-order chi connectivity index (χ1) is 11.7. The molecule has 0 spiro atoms. The topological polar surface area (TPSA) is 104 Å². The van der Waals surface area contributed by atoms with Gasteiger partial charge in [0.2, 0.25) is 11.5 Å². The summed E-state index contributed by atoms with van der Waals surface area (Å²) < 4.78 is 9.84. The van der Waals surface area contributed by atoms with E-state index >= 15 is 0 Å². The van der Waals surface area contributed by atoms with E-state index in [9.17, 15) is 9.59 Å². The molecule has 8 heteroatoms. The molecule has 0 unspecified atom stereocenters. The Balaban J connectivity index is 1.47. The van der Waals surface area contributed by atoms with Crippen LogP contribution in [0.1, 0.15) is 46.8 Å². The molecule has 0 aromatic carbocycles. The van der Waals surface area contributed by atoms with Gasteiger partial charge in [-0.1, -0.05) is 10.3 Å². The van der Waals surface area contributed by atoms with Crippen LogP contribution in [0.3, 0.4) is 0 Å². The molecule has 1 saturated carbocycles. The molecular formula is C16H14N2O6. The molecule has 1 aliphatic rings. The Morgan fingerprint density at radius 1 is 0.792 bits per heavy atom. The first-order valence-electron chi connectivity index (χ1n) is 7.33. The fraction of sp³-hybridized carbons (Fsp3) is 0.250. The highest BCUT2D eigenvalue weighted by Crippen LogP contribution is 2.15. The van der Waals surface area contributed by atoms with Crippen molar-refractivity contribution in [3.05, 3.63) is 48.3 Å². The lowest BCUT2D eigenvalue weighted by molar-refractivity contribution is 0.0467. The molecule has 0 radical (unpaired) electrons. The SMILES string of the molecule is O=C(ON=C1CCC(=NOC(=O)c2ccco2)CC1)c1ccco1. The van der Waals surface area contributed by atoms with Crippen LogP contribution in [-0.2, 0) is 9.68 Å². The Hall–Kier alpha value is -3.16. The van der Waals surface area contributed by atoms with Crippen molar-refractivity contribution >= 4 is 23.4 Å². The van der Waals surface area contributed by atoms with Crippen molar-refractivity contribution in [1.29, 1.82) is 0 Å². The first kappa shape index (κ1) is 15.7. The molecule has 24 heavy (non-hydrogen) atoms. The van der Waals surface area contributed by atoms with E-state index in [0.717, 1.165) is 11.4 Å². The highest BCUT2D eigenvalue weighted by Gasteiger charge is 2.17. The van der Waals surface area contributed by atoms with Crippen LogP contribution in [-0.4, -0.2) is 23.4 Å². The number of oxime groups is 2. The second-order valence-corrected chi connectivity index (χ2v) is 5.03. The van der Waals surface area contributed by atoms with Crippen molar-refractivity contribution in [2.75, 3.05) is 0 Å². The van der Waals surface area contributed by atoms with Gasteiger partial charge in [0, 0.05) is 0 Å². The van der Waals surface area contributed by atoms with Crippen molar-refractivity contribution in [3.63, 3.8) is 0 Å². The van der Waals surface area contributed by atoms with Gasteiger partial charge in [-0.15, -0.1) is 0 Å². The number of carbonyl (C=O) groups is 2. The van der Waals surface area contributed by atoms with Gasteiger partial charge in [0.25, 0.3) is 0 Å². The van der Waals surface area contributed by atoms with Gasteiger partial charge in [0.05, 0.1) is 23.9 Å². The minimum atomic E-state index is -0.639. The molecule has 2 aromatic heterocycles. The molecule has 1 fully saturated rings. The third-order valence-electron chi connectivity index (χ3n) is 3.36. The summed E-state index contributed by atoms with van der Waals surface area (Å²) in [6, 6.07) is 6.19. The number of nitrogens with zero attached hydrogens (tertiary/aromatic N) is 2. The summed E-state index contributed by atoms with van der Waals surface area (Å²) in [5.41, 5.74) is 1.48. The Morgan fingerprint density at radius 3 is 1.54 bits per heavy atom. The van der Waals surface area contributed by atoms with Crippen molar-refractivity contribution in [2.24, 2.45) is 10.3 Å². The summed E-state index contributed by atoms with van der Waals surface area (Å²) in [7, 11) is 0. The van der Waals surface area contributed by atoms with Crippen molar-refractivity contribution in [2.45, 2.75) is 25.7 Å². The van der Waals surface area contributed by atoms with E-state index in [-0.39, 0.29) is 11.5 Å². The molecular weight excluding hydrogens is 316 g/mol. The van der Waals surface area contributed by atoms with E-state index in [2.05, 4.69) is 10.3 Å². The summed E-state index contributed by atoms with van der Waals surface area (Å²) in [6.07, 6.45) is 5.06. The Labute approximate surface area is 136 Å². The number of rotatable bonds is 4. The van der Waals surface area contributed by atoms with Crippen LogP contribution in [0.5, 0.6) is 0 Å². The minimum Gasteiger partial charge on any atom is -0.457 e. The van der Waals surface area contributed by atoms with Gasteiger partial charge >= 0.3 is 11.9 Å². The van der Waals surface area contributed by atoms with E-state index in [0.29, 0.717) is 25.7 Å². The van der Waals surface area contributed by atoms with Crippen LogP contribution in [0.25, 0.3) is 0 Å². The summed E-state index contributed by atoms with van der Waals surface area (Å²) in [4.78, 5) is 32.8. The van der Waals surface area contributed by atoms with Crippen molar-refractivity contribution in [1.82, 2.24) is 0 Å². The molecule has 3 rings (SSSR count). The number of carbonyl (C=O) groups excluding carboxylic acids is 2. The Bertz CT molecular complexity index is 680. The smallest absolute Gasteiger partial charge is 0.400 e. The van der Waals surface area contributed by atoms with E-state index in [1.807, 2.05) is 0 Å². The van der Waals surface area contributed by atoms with Crippen LogP contribution in [0.15, 0.2) is 55.9 Å². The number of hydrogen-bond acceptors (Lipinski definition) is 8. The number of furan rings is 2. The van der Waals surface area contributed by atoms with Crippen molar-refractivity contribution < 1.29 is 28.1 Å². The predicted molar refractivity (Wildman–Crippen MR) is 81.6 cm³/mol. The largest absolute Gasteiger partial charge is 0.457 e. The maximum atomic E-state index is 11.6. The van der Waals surface area contributed by atoms with Crippen LogP contribution in [0, 0.1) is 0 Å². The average molecular weight is 330 g/mol. The molecule has 124 valence electrons. The monoisotopic (exact) mass is 330 g/mol. The lowest BCUT2D eigenvalue weighted by Crippen LogP contribution is -2.16. The van der Waals surface area contributed by atoms with Crippen LogP contribution in [0.4, 0.5) is 0 Å². The zero-order valence-corrected chi connectivity index (χ0v) is 12.6. The third-order valence-corrected chi connectivity index (χ3v) is 3.36. The fourth-order valence-electron chi connectivity index (χ4n) is 2.10. The molecule has 0 saturated heterocycles. The lowest BCUT2D eigenvalue weighted by Gasteiger charge is -2.13. The molecule has 0 aliphatic heterocycles. The van der Waals surface area contributed by atoms with Crippen molar-refractivity contribution in [3.8, 4) is 0 Å². The normalized spacial score (nSPS) is 14.2. The van der Waals surface area contributed by atoms with Crippen LogP contribution >= 0.6 is 0 Å². The molecule has 0 atom stereocenters. The Kier molecular flexibility index (Phi) is 4.85. The van der Waals surface area contributed by atoms with Crippen LogP contribution in [0.2, 0.25) is 0 Å². The van der Waals surface area contributed by atoms with Gasteiger partial charge in [0.15, 0.2) is 0 Å². The summed E-state index contributed by atoms with van der Waals surface area (Å²) in [6.45, 7) is 0. The maximum Gasteiger partial charge on any atom is 0.400 e. The second-order valence-electron chi connectivity index (χ2n) is 5.03. The van der Waals surface area contributed by atoms with E-state index in [4.69, 9.17) is 18.5 Å². The zero-order valence-electron chi connectivity index (χ0n) is 12.6. The van der Waals surface area contributed by atoms with Gasteiger partial charge in [-0.25, -0.2) is 9.59 Å². The van der Waals surface area contributed by atoms with Gasteiger partial charge in [-0.3, -0.25) is 0 Å². The van der Waals surface area contributed by atoms with E-state index < -0.39 is 11.9 Å². The van der Waals surface area contributed by atoms with Gasteiger partial charge < -0.3 is 18.5 Å². The van der Waals surface area contributed by atoms with Gasteiger partial charge in [0.1, 0.15) is 0 Å². The number of hydrogen-bond donors (Lipinski definition) is 0. The van der Waals surface area contributed by atoms with E-state index in [1.54, 1.807) is 12.1 Å². The summed E-state index contributed by atoms with van der Waals surface area (Å²) >= 11 is 0. The average Bonchev–Trinajstić information content (AvgIpc) is 3.32. The molecule has 0 amide bonds. The maximum absolute atomic E-state index is 11.6. The third kappa shape index (κ3) is 3.97. The first-order valence-corrected chi connectivity index (χ1v) is 7.33. The molecule has 8 nitrogen and oxygen atoms in total. The molecule has 0 bridgehead atoms. The minimum absolute atomic E-state index is 0.0993. The highest BCUT2D eigenvalue weighted by atomic mass is 16.7. The molecule has 0 N–H and O–H groups in total. The zero-order chi connectivity index (χ0) is 16.8. The standard InChI is InChI=1S/C16H14N2O6/c19-15(13-3-1-9-21-13)23-17-11-5-7-12(8-6-11)18-24-16(20)14-4-2-10-22-14/h1-4,9-10H,5-8H2. The van der Waals surface area contributed by atoms with Crippen LogP contribution < -0.4 is 0 Å². The van der Waals surface area contributed by atoms with E-state index in [1.165, 1.54) is 24.7 Å². The fourth-order valence-corrected chi connectivity index (χ4v) is 2.10. The lowest BCUT2D eigenvalue weighted by atomic mass is 9.97. The summed E-state index contributed by atoms with van der Waals surface area (Å²) in [5.74, 6) is -1.08. The molecule has 2 aromatic rings. The molecule has 2 heterocycles. The van der Waals surface area contributed by atoms with Gasteiger partial charge in [-0.2, -0.15) is 0 Å². The highest BCUT2D eigenvalue weighted by molar-refractivity contribution is 5.98. The van der Waals surface area contributed by atoms with Gasteiger partial charge in [-0.05, 0) is 49.9 Å². The molecule has 1 aliphatic carbocycles.